The molecular weight excluding hydrogens is 140 g/mol. The summed E-state index contributed by atoms with van der Waals surface area (Å²) in [6.45, 7) is 5.35. The fraction of sp³-hybridized carbons (Fsp3) is 0.556. The molecule has 1 aliphatic rings. The zero-order chi connectivity index (χ0) is 8.65. The number of rotatable bonds is 1. The summed E-state index contributed by atoms with van der Waals surface area (Å²) >= 11 is 0. The molecular formula is C9H12O2. The molecule has 0 N–H and O–H groups in total. The third-order valence-electron chi connectivity index (χ3n) is 2.03. The Kier molecular flexibility index (Phi) is 1.70. The SMILES string of the molecule is CC(=O)C1=CC(=O)CC1(C)C. The molecule has 2 heteroatoms. The lowest BCUT2D eigenvalue weighted by atomic mass is 9.84. The predicted molar refractivity (Wildman–Crippen MR) is 42.2 cm³/mol. The maximum atomic E-state index is 11.0. The van der Waals surface area contributed by atoms with Gasteiger partial charge in [-0.05, 0) is 13.0 Å². The second kappa shape index (κ2) is 2.29. The van der Waals surface area contributed by atoms with E-state index in [9.17, 15) is 9.59 Å². The Bertz CT molecular complexity index is 246. The van der Waals surface area contributed by atoms with Gasteiger partial charge in [-0.1, -0.05) is 13.8 Å². The van der Waals surface area contributed by atoms with Crippen LogP contribution in [0.2, 0.25) is 0 Å². The molecule has 0 atom stereocenters. The van der Waals surface area contributed by atoms with Crippen molar-refractivity contribution in [2.75, 3.05) is 0 Å². The molecule has 0 bridgehead atoms. The Hall–Kier alpha value is -0.920. The van der Waals surface area contributed by atoms with Gasteiger partial charge in [-0.25, -0.2) is 0 Å². The average Bonchev–Trinajstić information content (AvgIpc) is 2.04. The lowest BCUT2D eigenvalue weighted by Crippen LogP contribution is -2.15. The van der Waals surface area contributed by atoms with E-state index < -0.39 is 0 Å². The lowest BCUT2D eigenvalue weighted by Gasteiger charge is -2.18. The van der Waals surface area contributed by atoms with E-state index in [0.717, 1.165) is 0 Å². The van der Waals surface area contributed by atoms with Gasteiger partial charge in [-0.3, -0.25) is 9.59 Å². The fourth-order valence-corrected chi connectivity index (χ4v) is 1.52. The summed E-state index contributed by atoms with van der Waals surface area (Å²) in [6, 6.07) is 0. The van der Waals surface area contributed by atoms with Gasteiger partial charge in [-0.15, -0.1) is 0 Å². The minimum Gasteiger partial charge on any atom is -0.295 e. The van der Waals surface area contributed by atoms with Gasteiger partial charge in [-0.2, -0.15) is 0 Å². The van der Waals surface area contributed by atoms with Crippen LogP contribution < -0.4 is 0 Å². The van der Waals surface area contributed by atoms with Gasteiger partial charge in [0.15, 0.2) is 11.6 Å². The molecule has 0 heterocycles. The molecule has 2 nitrogen and oxygen atoms in total. The highest BCUT2D eigenvalue weighted by atomic mass is 16.1. The molecule has 0 fully saturated rings. The van der Waals surface area contributed by atoms with E-state index in [-0.39, 0.29) is 17.0 Å². The molecule has 0 aromatic heterocycles. The summed E-state index contributed by atoms with van der Waals surface area (Å²) in [5, 5.41) is 0. The fourth-order valence-electron chi connectivity index (χ4n) is 1.52. The summed E-state index contributed by atoms with van der Waals surface area (Å²) in [7, 11) is 0. The Labute approximate surface area is 66.3 Å². The average molecular weight is 152 g/mol. The van der Waals surface area contributed by atoms with Crippen molar-refractivity contribution in [3.05, 3.63) is 11.6 Å². The van der Waals surface area contributed by atoms with Gasteiger partial charge in [0.2, 0.25) is 0 Å². The first-order chi connectivity index (χ1) is 4.93. The number of carbonyl (C=O) groups excluding carboxylic acids is 2. The number of ketones is 2. The molecule has 0 unspecified atom stereocenters. The van der Waals surface area contributed by atoms with Crippen LogP contribution in [0.1, 0.15) is 27.2 Å². The zero-order valence-electron chi connectivity index (χ0n) is 7.10. The summed E-state index contributed by atoms with van der Waals surface area (Å²) in [5.41, 5.74) is 0.436. The second-order valence-corrected chi connectivity index (χ2v) is 3.64. The Balaban J connectivity index is 3.01. The molecule has 0 aromatic rings. The van der Waals surface area contributed by atoms with E-state index in [1.165, 1.54) is 13.0 Å². The number of carbonyl (C=O) groups is 2. The molecule has 60 valence electrons. The van der Waals surface area contributed by atoms with Gasteiger partial charge in [0, 0.05) is 17.4 Å². The molecule has 0 spiro atoms. The van der Waals surface area contributed by atoms with Crippen LogP contribution in [0.5, 0.6) is 0 Å². The Morgan fingerprint density at radius 1 is 1.55 bits per heavy atom. The predicted octanol–water partition coefficient (Wildman–Crippen LogP) is 1.50. The van der Waals surface area contributed by atoms with E-state index in [4.69, 9.17) is 0 Å². The largest absolute Gasteiger partial charge is 0.295 e. The number of Topliss-reactive ketones (excluding diaryl/α,β-unsaturated/α-hetero) is 1. The van der Waals surface area contributed by atoms with Crippen molar-refractivity contribution < 1.29 is 9.59 Å². The quantitative estimate of drug-likeness (QED) is 0.570. The van der Waals surface area contributed by atoms with Crippen molar-refractivity contribution in [1.82, 2.24) is 0 Å². The van der Waals surface area contributed by atoms with Crippen molar-refractivity contribution in [1.29, 1.82) is 0 Å². The van der Waals surface area contributed by atoms with Gasteiger partial charge in [0.1, 0.15) is 0 Å². The topological polar surface area (TPSA) is 34.1 Å². The third-order valence-corrected chi connectivity index (χ3v) is 2.03. The molecule has 0 radical (unpaired) electrons. The van der Waals surface area contributed by atoms with Gasteiger partial charge >= 0.3 is 0 Å². The lowest BCUT2D eigenvalue weighted by molar-refractivity contribution is -0.115. The Morgan fingerprint density at radius 3 is 2.27 bits per heavy atom. The highest BCUT2D eigenvalue weighted by molar-refractivity contribution is 6.06. The van der Waals surface area contributed by atoms with E-state index in [1.807, 2.05) is 13.8 Å². The minimum atomic E-state index is -0.233. The van der Waals surface area contributed by atoms with Crippen LogP contribution in [0, 0.1) is 5.41 Å². The summed E-state index contributed by atoms with van der Waals surface area (Å²) in [5.74, 6) is 0.0843. The molecule has 1 aliphatic carbocycles. The second-order valence-electron chi connectivity index (χ2n) is 3.64. The summed E-state index contributed by atoms with van der Waals surface area (Å²) in [4.78, 5) is 21.9. The minimum absolute atomic E-state index is 0.0147. The van der Waals surface area contributed by atoms with Crippen LogP contribution in [0.3, 0.4) is 0 Å². The van der Waals surface area contributed by atoms with Gasteiger partial charge < -0.3 is 0 Å². The van der Waals surface area contributed by atoms with Crippen LogP contribution in [-0.4, -0.2) is 11.6 Å². The molecule has 1 rings (SSSR count). The van der Waals surface area contributed by atoms with Crippen molar-refractivity contribution >= 4 is 11.6 Å². The third kappa shape index (κ3) is 1.39. The van der Waals surface area contributed by atoms with E-state index in [2.05, 4.69) is 0 Å². The molecule has 0 aliphatic heterocycles. The van der Waals surface area contributed by atoms with Crippen molar-refractivity contribution in [2.24, 2.45) is 5.41 Å². The standard InChI is InChI=1S/C9H12O2/c1-6(10)8-4-7(11)5-9(8,2)3/h4H,5H2,1-3H3. The van der Waals surface area contributed by atoms with Crippen LogP contribution in [0.15, 0.2) is 11.6 Å². The molecule has 0 amide bonds. The Morgan fingerprint density at radius 2 is 2.09 bits per heavy atom. The van der Waals surface area contributed by atoms with Crippen molar-refractivity contribution in [3.8, 4) is 0 Å². The number of hydrogen-bond acceptors (Lipinski definition) is 2. The maximum absolute atomic E-state index is 11.0. The first-order valence-electron chi connectivity index (χ1n) is 3.69. The smallest absolute Gasteiger partial charge is 0.156 e. The van der Waals surface area contributed by atoms with E-state index in [1.54, 1.807) is 0 Å². The monoisotopic (exact) mass is 152 g/mol. The van der Waals surface area contributed by atoms with Crippen LogP contribution in [0.25, 0.3) is 0 Å². The number of hydrogen-bond donors (Lipinski definition) is 0. The maximum Gasteiger partial charge on any atom is 0.156 e. The highest BCUT2D eigenvalue weighted by Crippen LogP contribution is 2.36. The van der Waals surface area contributed by atoms with E-state index in [0.29, 0.717) is 12.0 Å². The van der Waals surface area contributed by atoms with Crippen molar-refractivity contribution in [2.45, 2.75) is 27.2 Å². The summed E-state index contributed by atoms with van der Waals surface area (Å²) in [6.07, 6.45) is 1.95. The van der Waals surface area contributed by atoms with Gasteiger partial charge in [0.25, 0.3) is 0 Å². The van der Waals surface area contributed by atoms with Crippen LogP contribution >= 0.6 is 0 Å². The molecule has 0 saturated heterocycles. The first-order valence-corrected chi connectivity index (χ1v) is 3.69. The van der Waals surface area contributed by atoms with Crippen molar-refractivity contribution in [3.63, 3.8) is 0 Å². The molecule has 0 saturated carbocycles. The summed E-state index contributed by atoms with van der Waals surface area (Å²) < 4.78 is 0. The first kappa shape index (κ1) is 8.18. The highest BCUT2D eigenvalue weighted by Gasteiger charge is 2.34. The number of allylic oxidation sites excluding steroid dienone is 2. The molecule has 0 aromatic carbocycles. The van der Waals surface area contributed by atoms with E-state index >= 15 is 0 Å². The van der Waals surface area contributed by atoms with Gasteiger partial charge in [0.05, 0.1) is 0 Å². The van der Waals surface area contributed by atoms with Crippen LogP contribution in [0.4, 0.5) is 0 Å². The molecule has 11 heavy (non-hydrogen) atoms. The zero-order valence-corrected chi connectivity index (χ0v) is 7.10. The normalized spacial score (nSPS) is 21.7. The van der Waals surface area contributed by atoms with Crippen LogP contribution in [-0.2, 0) is 9.59 Å².